The largest absolute Gasteiger partial charge is 0.461 e. The second-order valence-corrected chi connectivity index (χ2v) is 12.4. The molecule has 1 heterocycles. The van der Waals surface area contributed by atoms with Crippen LogP contribution >= 0.6 is 0 Å². The lowest BCUT2D eigenvalue weighted by Crippen LogP contribution is -2.60. The van der Waals surface area contributed by atoms with E-state index in [1.165, 1.54) is 0 Å². The maximum Gasteiger partial charge on any atom is 0.408 e. The Labute approximate surface area is 264 Å². The first-order valence-corrected chi connectivity index (χ1v) is 15.9. The van der Waals surface area contributed by atoms with Crippen LogP contribution in [-0.2, 0) is 38.5 Å². The average Bonchev–Trinajstić information content (AvgIpc) is 3.44. The molecule has 0 unspecified atom stereocenters. The molecule has 0 bridgehead atoms. The normalized spacial score (nSPS) is 18.4. The number of carbonyl (C=O) groups excluding carboxylic acids is 3. The molecule has 236 valence electrons. The fourth-order valence-electron chi connectivity index (χ4n) is 6.11. The van der Waals surface area contributed by atoms with E-state index in [2.05, 4.69) is 22.5 Å². The number of alkyl carbamates (subject to hydrolysis) is 1. The molecule has 1 aliphatic rings. The number of hydrogen-bond acceptors (Lipinski definition) is 5. The molecule has 4 aromatic rings. The van der Waals surface area contributed by atoms with Crippen LogP contribution in [0, 0.1) is 5.92 Å². The van der Waals surface area contributed by atoms with E-state index >= 15 is 0 Å². The highest BCUT2D eigenvalue weighted by Gasteiger charge is 2.39. The van der Waals surface area contributed by atoms with Crippen LogP contribution in [0.3, 0.4) is 0 Å². The predicted octanol–water partition coefficient (Wildman–Crippen LogP) is 6.64. The molecule has 1 aromatic heterocycles. The first kappa shape index (κ1) is 31.8. The number of carbonyl (C=O) groups is 3. The number of amides is 2. The van der Waals surface area contributed by atoms with Crippen molar-refractivity contribution >= 4 is 28.9 Å². The van der Waals surface area contributed by atoms with Crippen molar-refractivity contribution in [2.75, 3.05) is 0 Å². The summed E-state index contributed by atoms with van der Waals surface area (Å²) in [7, 11) is 0. The van der Waals surface area contributed by atoms with Gasteiger partial charge in [0, 0.05) is 29.6 Å². The zero-order chi connectivity index (χ0) is 31.6. The molecule has 8 nitrogen and oxygen atoms in total. The summed E-state index contributed by atoms with van der Waals surface area (Å²) in [5.41, 5.74) is 2.31. The van der Waals surface area contributed by atoms with Crippen LogP contribution in [0.5, 0.6) is 0 Å². The van der Waals surface area contributed by atoms with Gasteiger partial charge in [0.05, 0.1) is 6.42 Å². The van der Waals surface area contributed by atoms with E-state index < -0.39 is 29.6 Å². The third-order valence-electron chi connectivity index (χ3n) is 8.71. The van der Waals surface area contributed by atoms with Crippen molar-refractivity contribution < 1.29 is 23.9 Å². The Bertz CT molecular complexity index is 1570. The molecule has 5 rings (SSSR count). The van der Waals surface area contributed by atoms with Crippen LogP contribution in [-0.4, -0.2) is 40.6 Å². The van der Waals surface area contributed by atoms with Crippen LogP contribution in [0.2, 0.25) is 0 Å². The molecule has 4 atom stereocenters. The summed E-state index contributed by atoms with van der Waals surface area (Å²) >= 11 is 0. The van der Waals surface area contributed by atoms with E-state index in [1.54, 1.807) is 6.92 Å². The van der Waals surface area contributed by atoms with Gasteiger partial charge < -0.3 is 25.1 Å². The number of H-pyrrole nitrogens is 1. The number of esters is 1. The van der Waals surface area contributed by atoms with Crippen molar-refractivity contribution in [3.63, 3.8) is 0 Å². The van der Waals surface area contributed by atoms with Gasteiger partial charge in [0.25, 0.3) is 0 Å². The summed E-state index contributed by atoms with van der Waals surface area (Å²) in [4.78, 5) is 43.9. The topological polar surface area (TPSA) is 110 Å². The van der Waals surface area contributed by atoms with Crippen molar-refractivity contribution in [1.82, 2.24) is 15.6 Å². The number of ether oxygens (including phenoxy) is 2. The van der Waals surface area contributed by atoms with Gasteiger partial charge in [-0.15, -0.1) is 0 Å². The van der Waals surface area contributed by atoms with Gasteiger partial charge in [-0.3, -0.25) is 9.59 Å². The van der Waals surface area contributed by atoms with Gasteiger partial charge in [-0.05, 0) is 61.3 Å². The number of rotatable bonds is 12. The smallest absolute Gasteiger partial charge is 0.408 e. The van der Waals surface area contributed by atoms with Crippen molar-refractivity contribution in [1.29, 1.82) is 0 Å². The molecule has 45 heavy (non-hydrogen) atoms. The molecule has 2 amide bonds. The maximum absolute atomic E-state index is 14.2. The molecule has 0 saturated heterocycles. The minimum atomic E-state index is -1.37. The molecular weight excluding hydrogens is 566 g/mol. The Morgan fingerprint density at radius 3 is 2.31 bits per heavy atom. The Morgan fingerprint density at radius 2 is 1.58 bits per heavy atom. The standard InChI is InChI=1S/C37H43N3O5/c1-26-13-9-12-20-33(26)45-36(43)40-37(2,23-29-24-38-32-19-11-10-18-31(29)32)35(42)39-30(21-27-14-5-3-6-15-27)22-34(41)44-25-28-16-7-4-8-17-28/h3-8,10-11,14-19,24,26,30,33,38H,9,12-13,20-23,25H2,1-2H3,(H,39,42)(H,40,43)/t26-,30+,33-,37-/m1/s1. The number of fused-ring (bicyclic) bond motifs is 1. The first-order chi connectivity index (χ1) is 21.8. The van der Waals surface area contributed by atoms with Gasteiger partial charge in [-0.1, -0.05) is 92.2 Å². The molecule has 3 N–H and O–H groups in total. The Balaban J connectivity index is 1.35. The van der Waals surface area contributed by atoms with E-state index in [4.69, 9.17) is 9.47 Å². The van der Waals surface area contributed by atoms with Crippen LogP contribution in [0.1, 0.15) is 62.6 Å². The van der Waals surface area contributed by atoms with Crippen molar-refractivity contribution in [3.8, 4) is 0 Å². The third-order valence-corrected chi connectivity index (χ3v) is 8.71. The van der Waals surface area contributed by atoms with Gasteiger partial charge in [0.2, 0.25) is 5.91 Å². The minimum absolute atomic E-state index is 0.0271. The van der Waals surface area contributed by atoms with Gasteiger partial charge in [0.1, 0.15) is 18.2 Å². The van der Waals surface area contributed by atoms with E-state index in [0.717, 1.165) is 53.3 Å². The van der Waals surface area contributed by atoms with Crippen LogP contribution < -0.4 is 10.6 Å². The number of hydrogen-bond donors (Lipinski definition) is 3. The van der Waals surface area contributed by atoms with E-state index in [-0.39, 0.29) is 31.5 Å². The van der Waals surface area contributed by atoms with Crippen molar-refractivity contribution in [2.24, 2.45) is 5.92 Å². The predicted molar refractivity (Wildman–Crippen MR) is 174 cm³/mol. The molecule has 8 heteroatoms. The number of nitrogens with one attached hydrogen (secondary N) is 3. The zero-order valence-corrected chi connectivity index (χ0v) is 26.1. The molecule has 1 saturated carbocycles. The molecule has 3 aromatic carbocycles. The minimum Gasteiger partial charge on any atom is -0.461 e. The summed E-state index contributed by atoms with van der Waals surface area (Å²) in [6.45, 7) is 3.96. The number of para-hydroxylation sites is 1. The second kappa shape index (κ2) is 14.9. The van der Waals surface area contributed by atoms with E-state index in [0.29, 0.717) is 6.42 Å². The van der Waals surface area contributed by atoms with E-state index in [9.17, 15) is 14.4 Å². The highest BCUT2D eigenvalue weighted by atomic mass is 16.6. The highest BCUT2D eigenvalue weighted by molar-refractivity contribution is 5.92. The molecule has 1 fully saturated rings. The highest BCUT2D eigenvalue weighted by Crippen LogP contribution is 2.27. The summed E-state index contributed by atoms with van der Waals surface area (Å²) in [5.74, 6) is -0.564. The Hall–Kier alpha value is -4.59. The van der Waals surface area contributed by atoms with E-state index in [1.807, 2.05) is 91.1 Å². The molecule has 1 aliphatic carbocycles. The monoisotopic (exact) mass is 609 g/mol. The summed E-state index contributed by atoms with van der Waals surface area (Å²) in [6.07, 6.45) is 5.62. The van der Waals surface area contributed by atoms with Gasteiger partial charge >= 0.3 is 12.1 Å². The number of benzene rings is 3. The fourth-order valence-corrected chi connectivity index (χ4v) is 6.11. The van der Waals surface area contributed by atoms with Gasteiger partial charge in [-0.25, -0.2) is 4.79 Å². The third kappa shape index (κ3) is 8.75. The quantitative estimate of drug-likeness (QED) is 0.156. The lowest BCUT2D eigenvalue weighted by atomic mass is 9.88. The maximum atomic E-state index is 14.2. The molecule has 0 radical (unpaired) electrons. The second-order valence-electron chi connectivity index (χ2n) is 12.4. The van der Waals surface area contributed by atoms with Gasteiger partial charge in [0.15, 0.2) is 0 Å². The van der Waals surface area contributed by atoms with Crippen LogP contribution in [0.15, 0.2) is 91.1 Å². The number of aromatic amines is 1. The van der Waals surface area contributed by atoms with Gasteiger partial charge in [-0.2, -0.15) is 0 Å². The fraction of sp³-hybridized carbons (Fsp3) is 0.378. The molecule has 0 aliphatic heterocycles. The average molecular weight is 610 g/mol. The lowest BCUT2D eigenvalue weighted by Gasteiger charge is -2.33. The summed E-state index contributed by atoms with van der Waals surface area (Å²) in [6, 6.07) is 26.4. The summed E-state index contributed by atoms with van der Waals surface area (Å²) in [5, 5.41) is 6.99. The van der Waals surface area contributed by atoms with Crippen LogP contribution in [0.25, 0.3) is 10.9 Å². The Morgan fingerprint density at radius 1 is 0.911 bits per heavy atom. The number of aromatic nitrogens is 1. The van der Waals surface area contributed by atoms with Crippen molar-refractivity contribution in [2.45, 2.75) is 83.1 Å². The Kier molecular flexibility index (Phi) is 10.6. The zero-order valence-electron chi connectivity index (χ0n) is 26.1. The SMILES string of the molecule is C[C@@H]1CCCC[C@H]1OC(=O)N[C@](C)(Cc1c[nH]c2ccccc12)C(=O)N[C@H](CC(=O)OCc1ccccc1)Cc1ccccc1. The molecule has 0 spiro atoms. The first-order valence-electron chi connectivity index (χ1n) is 15.9. The summed E-state index contributed by atoms with van der Waals surface area (Å²) < 4.78 is 11.5. The lowest BCUT2D eigenvalue weighted by molar-refractivity contribution is -0.145. The van der Waals surface area contributed by atoms with Crippen molar-refractivity contribution in [3.05, 3.63) is 108 Å². The molecular formula is C37H43N3O5. The van der Waals surface area contributed by atoms with Crippen LogP contribution in [0.4, 0.5) is 4.79 Å².